The summed E-state index contributed by atoms with van der Waals surface area (Å²) in [5.41, 5.74) is 0.976. The minimum atomic E-state index is 0.696. The first-order valence-electron chi connectivity index (χ1n) is 11.1. The van der Waals surface area contributed by atoms with Gasteiger partial charge >= 0.3 is 0 Å². The Bertz CT molecular complexity index is 644. The van der Waals surface area contributed by atoms with Crippen LogP contribution in [-0.4, -0.2) is 36.4 Å². The first kappa shape index (κ1) is 23.1. The van der Waals surface area contributed by atoms with E-state index in [1.807, 2.05) is 31.2 Å². The minimum Gasteiger partial charge on any atom is -0.494 e. The summed E-state index contributed by atoms with van der Waals surface area (Å²) in [6.45, 7) is 7.37. The number of ether oxygens (including phenoxy) is 3. The lowest BCUT2D eigenvalue weighted by atomic mass is 10.2. The molecule has 0 aliphatic rings. The molecule has 0 saturated carbocycles. The number of benzene rings is 1. The standard InChI is InChI=1S/C24H36N2O3/c1-3-5-6-10-17-28-22-14-12-21(13-15-22)24-25-19-23(20-26-24)29-18-11-8-7-9-16-27-4-2/h12-15,19-20H,3-11,16-18H2,1-2H3. The predicted molar refractivity (Wildman–Crippen MR) is 118 cm³/mol. The lowest BCUT2D eigenvalue weighted by molar-refractivity contribution is 0.142. The second-order valence-electron chi connectivity index (χ2n) is 7.14. The highest BCUT2D eigenvalue weighted by atomic mass is 16.5. The Morgan fingerprint density at radius 2 is 1.24 bits per heavy atom. The Balaban J connectivity index is 1.67. The van der Waals surface area contributed by atoms with Crippen LogP contribution >= 0.6 is 0 Å². The van der Waals surface area contributed by atoms with Gasteiger partial charge in [0.2, 0.25) is 0 Å². The summed E-state index contributed by atoms with van der Waals surface area (Å²) < 4.78 is 16.9. The van der Waals surface area contributed by atoms with Crippen molar-refractivity contribution >= 4 is 0 Å². The Labute approximate surface area is 175 Å². The van der Waals surface area contributed by atoms with Gasteiger partial charge in [-0.15, -0.1) is 0 Å². The van der Waals surface area contributed by atoms with Crippen molar-refractivity contribution in [1.82, 2.24) is 9.97 Å². The van der Waals surface area contributed by atoms with E-state index in [1.54, 1.807) is 12.4 Å². The third-order valence-electron chi connectivity index (χ3n) is 4.66. The summed E-state index contributed by atoms with van der Waals surface area (Å²) >= 11 is 0. The molecule has 0 fully saturated rings. The summed E-state index contributed by atoms with van der Waals surface area (Å²) in [4.78, 5) is 8.86. The van der Waals surface area contributed by atoms with Gasteiger partial charge in [0.05, 0.1) is 25.6 Å². The molecule has 1 aromatic heterocycles. The number of hydrogen-bond acceptors (Lipinski definition) is 5. The minimum absolute atomic E-state index is 0.696. The summed E-state index contributed by atoms with van der Waals surface area (Å²) in [5, 5.41) is 0. The molecule has 2 aromatic rings. The van der Waals surface area contributed by atoms with E-state index in [0.29, 0.717) is 12.4 Å². The molecule has 0 saturated heterocycles. The van der Waals surface area contributed by atoms with E-state index in [2.05, 4.69) is 16.9 Å². The zero-order valence-corrected chi connectivity index (χ0v) is 18.1. The van der Waals surface area contributed by atoms with Crippen LogP contribution in [0.3, 0.4) is 0 Å². The average Bonchev–Trinajstić information content (AvgIpc) is 2.76. The number of rotatable bonds is 16. The second-order valence-corrected chi connectivity index (χ2v) is 7.14. The van der Waals surface area contributed by atoms with Crippen molar-refractivity contribution in [2.45, 2.75) is 65.2 Å². The Hall–Kier alpha value is -2.14. The quantitative estimate of drug-likeness (QED) is 0.320. The summed E-state index contributed by atoms with van der Waals surface area (Å²) in [5.74, 6) is 2.31. The first-order valence-corrected chi connectivity index (χ1v) is 11.1. The van der Waals surface area contributed by atoms with Gasteiger partial charge in [-0.1, -0.05) is 32.6 Å². The largest absolute Gasteiger partial charge is 0.494 e. The van der Waals surface area contributed by atoms with E-state index < -0.39 is 0 Å². The van der Waals surface area contributed by atoms with Crippen molar-refractivity contribution in [2.24, 2.45) is 0 Å². The zero-order valence-electron chi connectivity index (χ0n) is 18.1. The van der Waals surface area contributed by atoms with Crippen LogP contribution in [0.15, 0.2) is 36.7 Å². The molecule has 160 valence electrons. The molecule has 5 heteroatoms. The molecule has 0 spiro atoms. The molecule has 0 unspecified atom stereocenters. The monoisotopic (exact) mass is 400 g/mol. The molecule has 0 aliphatic heterocycles. The number of unbranched alkanes of at least 4 members (excludes halogenated alkanes) is 6. The lowest BCUT2D eigenvalue weighted by Crippen LogP contribution is -2.00. The molecule has 0 amide bonds. The fraction of sp³-hybridized carbons (Fsp3) is 0.583. The summed E-state index contributed by atoms with van der Waals surface area (Å²) in [6, 6.07) is 7.96. The van der Waals surface area contributed by atoms with Gasteiger partial charge in [-0.25, -0.2) is 9.97 Å². The Kier molecular flexibility index (Phi) is 11.8. The predicted octanol–water partition coefficient (Wildman–Crippen LogP) is 6.08. The van der Waals surface area contributed by atoms with Gasteiger partial charge in [-0.05, 0) is 56.9 Å². The van der Waals surface area contributed by atoms with Gasteiger partial charge in [0.15, 0.2) is 11.6 Å². The molecule has 1 aromatic carbocycles. The first-order chi connectivity index (χ1) is 14.3. The highest BCUT2D eigenvalue weighted by Crippen LogP contribution is 2.20. The van der Waals surface area contributed by atoms with Gasteiger partial charge in [-0.3, -0.25) is 0 Å². The van der Waals surface area contributed by atoms with E-state index in [1.165, 1.54) is 25.7 Å². The number of hydrogen-bond donors (Lipinski definition) is 0. The molecule has 0 radical (unpaired) electrons. The van der Waals surface area contributed by atoms with Crippen LogP contribution in [0.4, 0.5) is 0 Å². The molecule has 0 bridgehead atoms. The van der Waals surface area contributed by atoms with Crippen molar-refractivity contribution in [2.75, 3.05) is 26.4 Å². The number of nitrogens with zero attached hydrogens (tertiary/aromatic N) is 2. The third kappa shape index (κ3) is 9.75. The van der Waals surface area contributed by atoms with E-state index >= 15 is 0 Å². The Morgan fingerprint density at radius 3 is 1.86 bits per heavy atom. The molecule has 2 rings (SSSR count). The fourth-order valence-corrected chi connectivity index (χ4v) is 2.95. The van der Waals surface area contributed by atoms with Crippen LogP contribution < -0.4 is 9.47 Å². The van der Waals surface area contributed by atoms with Crippen LogP contribution in [-0.2, 0) is 4.74 Å². The lowest BCUT2D eigenvalue weighted by Gasteiger charge is -2.08. The summed E-state index contributed by atoms with van der Waals surface area (Å²) in [7, 11) is 0. The van der Waals surface area contributed by atoms with E-state index in [-0.39, 0.29) is 0 Å². The molecule has 0 atom stereocenters. The SMILES string of the molecule is CCCCCCOc1ccc(-c2ncc(OCCCCCCOCC)cn2)cc1. The topological polar surface area (TPSA) is 53.5 Å². The molecular formula is C24H36N2O3. The smallest absolute Gasteiger partial charge is 0.159 e. The van der Waals surface area contributed by atoms with Gasteiger partial charge in [0.25, 0.3) is 0 Å². The van der Waals surface area contributed by atoms with Gasteiger partial charge in [0, 0.05) is 18.8 Å². The van der Waals surface area contributed by atoms with E-state index in [4.69, 9.17) is 14.2 Å². The third-order valence-corrected chi connectivity index (χ3v) is 4.66. The maximum Gasteiger partial charge on any atom is 0.159 e. The van der Waals surface area contributed by atoms with Crippen LogP contribution in [0.1, 0.15) is 65.2 Å². The summed E-state index contributed by atoms with van der Waals surface area (Å²) in [6.07, 6.45) is 12.8. The van der Waals surface area contributed by atoms with Crippen molar-refractivity contribution in [1.29, 1.82) is 0 Å². The molecule has 5 nitrogen and oxygen atoms in total. The van der Waals surface area contributed by atoms with E-state index in [9.17, 15) is 0 Å². The van der Waals surface area contributed by atoms with Gasteiger partial charge in [0.1, 0.15) is 5.75 Å². The average molecular weight is 401 g/mol. The maximum atomic E-state index is 5.79. The second kappa shape index (κ2) is 14.8. The molecule has 29 heavy (non-hydrogen) atoms. The van der Waals surface area contributed by atoms with Gasteiger partial charge in [-0.2, -0.15) is 0 Å². The van der Waals surface area contributed by atoms with Crippen molar-refractivity contribution in [3.63, 3.8) is 0 Å². The van der Waals surface area contributed by atoms with Crippen LogP contribution in [0.25, 0.3) is 11.4 Å². The molecule has 0 aliphatic carbocycles. The fourth-order valence-electron chi connectivity index (χ4n) is 2.95. The van der Waals surface area contributed by atoms with Crippen molar-refractivity contribution < 1.29 is 14.2 Å². The zero-order chi connectivity index (χ0) is 20.6. The maximum absolute atomic E-state index is 5.79. The van der Waals surface area contributed by atoms with Crippen LogP contribution in [0.5, 0.6) is 11.5 Å². The Morgan fingerprint density at radius 1 is 0.655 bits per heavy atom. The normalized spacial score (nSPS) is 10.8. The van der Waals surface area contributed by atoms with Crippen LogP contribution in [0.2, 0.25) is 0 Å². The highest BCUT2D eigenvalue weighted by Gasteiger charge is 2.03. The van der Waals surface area contributed by atoms with Gasteiger partial charge < -0.3 is 14.2 Å². The highest BCUT2D eigenvalue weighted by molar-refractivity contribution is 5.56. The van der Waals surface area contributed by atoms with E-state index in [0.717, 1.165) is 62.6 Å². The molecule has 0 N–H and O–H groups in total. The van der Waals surface area contributed by atoms with Crippen molar-refractivity contribution in [3.8, 4) is 22.9 Å². The molecule has 1 heterocycles. The van der Waals surface area contributed by atoms with Crippen molar-refractivity contribution in [3.05, 3.63) is 36.7 Å². The van der Waals surface area contributed by atoms with Crippen LogP contribution in [0, 0.1) is 0 Å². The molecular weight excluding hydrogens is 364 g/mol. The number of aromatic nitrogens is 2.